The Hall–Kier alpha value is -3.35. The number of allylic oxidation sites excluding steroid dienone is 8. The monoisotopic (exact) mass is 1390 g/mol. The second kappa shape index (κ2) is 40.0. The summed E-state index contributed by atoms with van der Waals surface area (Å²) in [6.07, 6.45) is 6.98. The first-order chi connectivity index (χ1) is 38.0. The van der Waals surface area contributed by atoms with E-state index in [4.69, 9.17) is 100 Å². The van der Waals surface area contributed by atoms with Crippen molar-refractivity contribution in [3.63, 3.8) is 0 Å². The topological polar surface area (TPSA) is 93.1 Å². The van der Waals surface area contributed by atoms with Crippen molar-refractivity contribution in [3.05, 3.63) is 223 Å². The molecular weight excluding hydrogens is 1330 g/mol. The van der Waals surface area contributed by atoms with Crippen molar-refractivity contribution in [2.45, 2.75) is 82.1 Å². The van der Waals surface area contributed by atoms with Crippen LogP contribution < -0.4 is 9.47 Å². The number of halogens is 8. The molecule has 0 aromatic heterocycles. The van der Waals surface area contributed by atoms with Crippen LogP contribution in [0.2, 0.25) is 20.1 Å². The molecule has 80 heavy (non-hydrogen) atoms. The van der Waals surface area contributed by atoms with Gasteiger partial charge in [-0.25, -0.2) is 9.59 Å². The number of hydrogen-bond acceptors (Lipinski definition) is 4. The quantitative estimate of drug-likeness (QED) is 0.154. The maximum absolute atomic E-state index is 10.2. The Kier molecular flexibility index (Phi) is 36.4. The number of ether oxygens (including phenoxy) is 2. The molecule has 422 valence electrons. The predicted molar refractivity (Wildman–Crippen MR) is 339 cm³/mol. The van der Waals surface area contributed by atoms with Gasteiger partial charge >= 0.3 is 87.7 Å². The van der Waals surface area contributed by atoms with Gasteiger partial charge in [-0.1, -0.05) is 142 Å². The number of benzene rings is 6. The molecular formula is C64H66Cl8O6Zr2. The summed E-state index contributed by atoms with van der Waals surface area (Å²) >= 11 is 21.0. The second-order valence-electron chi connectivity index (χ2n) is 18.7. The fraction of sp³-hybridized carbons (Fsp3) is 0.219. The summed E-state index contributed by atoms with van der Waals surface area (Å²) in [6, 6.07) is 47.7. The fourth-order valence-corrected chi connectivity index (χ4v) is 8.50. The molecule has 10 rings (SSSR count). The first kappa shape index (κ1) is 72.7. The molecule has 6 nitrogen and oxygen atoms in total. The maximum Gasteiger partial charge on any atom is -0.0771 e. The number of carboxylic acid groups (broad SMARTS) is 2. The average Bonchev–Trinajstić information content (AvgIpc) is 4.16. The minimum atomic E-state index is -1.05. The average molecular weight is 1400 g/mol. The molecule has 16 heteroatoms. The zero-order chi connectivity index (χ0) is 59.9. The minimum absolute atomic E-state index is 0.300. The summed E-state index contributed by atoms with van der Waals surface area (Å²) in [6.45, 7) is 20.6. The third-order valence-corrected chi connectivity index (χ3v) is 12.3. The van der Waals surface area contributed by atoms with E-state index in [1.807, 2.05) is 0 Å². The fourth-order valence-electron chi connectivity index (χ4n) is 7.57. The standard InChI is InChI=1S/C14H18.2C13H9.2C8H6Cl2O3.2C4H9.4ClH.2Zr/c1-9-5-7-13(11(9)3)14-8-6-10(2)12(14)4;2*1-3-7-12-10(5-1)9-11-6-2-4-8-13(11)12;2*9-5-1-2-7(6(10)3-5)13-4-8(11)12;2*1-4(2)3;;;;;;/h5-6H,7-8H2,1-4H3;2*1-9H;2*1-3H,4H2,(H,11,12);2*1-3H3;4*1H;;/q;2*-1;;;2*-1;;;;;2*+4/p-4. The molecule has 8 aromatic carbocycles. The van der Waals surface area contributed by atoms with Gasteiger partial charge in [-0.05, 0) is 99.2 Å². The van der Waals surface area contributed by atoms with Gasteiger partial charge in [-0.2, -0.15) is 41.5 Å². The predicted octanol–water partition coefficient (Wildman–Crippen LogP) is 22.7. The Balaban J connectivity index is 0.000000322. The summed E-state index contributed by atoms with van der Waals surface area (Å²) in [5.41, 5.74) is 9.08. The van der Waals surface area contributed by atoms with E-state index in [-0.39, 0.29) is 0 Å². The van der Waals surface area contributed by atoms with Crippen molar-refractivity contribution in [2.24, 2.45) is 0 Å². The largest absolute Gasteiger partial charge is 0.126 e. The summed E-state index contributed by atoms with van der Waals surface area (Å²) in [5, 5.41) is 29.0. The van der Waals surface area contributed by atoms with Crippen LogP contribution in [0.3, 0.4) is 0 Å². The van der Waals surface area contributed by atoms with Crippen molar-refractivity contribution >= 4 is 135 Å². The van der Waals surface area contributed by atoms with Crippen molar-refractivity contribution < 1.29 is 71.0 Å². The molecule has 0 atom stereocenters. The third-order valence-electron chi connectivity index (χ3n) is 11.2. The van der Waals surface area contributed by atoms with Crippen molar-refractivity contribution in [2.75, 3.05) is 13.2 Å². The van der Waals surface area contributed by atoms with Gasteiger partial charge in [0.25, 0.3) is 0 Å². The Morgan fingerprint density at radius 1 is 0.475 bits per heavy atom. The van der Waals surface area contributed by atoms with Crippen LogP contribution in [0.5, 0.6) is 11.5 Å². The minimum Gasteiger partial charge on any atom is -0.126 e. The van der Waals surface area contributed by atoms with Gasteiger partial charge in [0.2, 0.25) is 0 Å². The molecule has 0 aliphatic heterocycles. The van der Waals surface area contributed by atoms with Crippen LogP contribution in [0.1, 0.15) is 82.1 Å². The van der Waals surface area contributed by atoms with Crippen LogP contribution in [0.4, 0.5) is 0 Å². The normalized spacial score (nSPS) is 11.8. The summed E-state index contributed by atoms with van der Waals surface area (Å²) in [4.78, 5) is 20.3. The molecule has 0 saturated carbocycles. The molecule has 2 aliphatic rings. The van der Waals surface area contributed by atoms with Gasteiger partial charge in [0.1, 0.15) is 11.5 Å². The molecule has 0 heterocycles. The number of carboxylic acids is 2. The summed E-state index contributed by atoms with van der Waals surface area (Å²) in [5.74, 6) is 1.36. The van der Waals surface area contributed by atoms with E-state index < -0.39 is 66.8 Å². The van der Waals surface area contributed by atoms with E-state index in [2.05, 4.69) is 191 Å². The SMILES string of the molecule is CC1=CCC(C2=C(C)C(C)=CC2)=C1C.C[C-](C)C.C[C-](C)C.O=C(O)COc1ccc(Cl)cc1Cl.O=C(O)COc1ccc(Cl)cc1Cl.[Cl][Zr+2][Cl].[Cl][Zr+2][Cl].c1ccc2c(c1)[cH-]c1ccccc12.c1ccc2c(c1)[cH-]c1ccccc12. The smallest absolute Gasteiger partial charge is 0.0771 e. The molecule has 0 fully saturated rings. The van der Waals surface area contributed by atoms with Crippen LogP contribution in [0.25, 0.3) is 43.1 Å². The van der Waals surface area contributed by atoms with E-state index >= 15 is 0 Å². The molecule has 0 bridgehead atoms. The van der Waals surface area contributed by atoms with Gasteiger partial charge in [-0.15, -0.1) is 79.5 Å². The summed E-state index contributed by atoms with van der Waals surface area (Å²) in [7, 11) is 19.7. The molecule has 0 saturated heterocycles. The van der Waals surface area contributed by atoms with Gasteiger partial charge in [0, 0.05) is 10.0 Å². The van der Waals surface area contributed by atoms with Gasteiger partial charge in [0.15, 0.2) is 13.2 Å². The molecule has 0 radical (unpaired) electrons. The van der Waals surface area contributed by atoms with E-state index in [9.17, 15) is 9.59 Å². The molecule has 2 aliphatic carbocycles. The number of fused-ring (bicyclic) bond motifs is 6. The molecule has 8 aromatic rings. The van der Waals surface area contributed by atoms with Crippen LogP contribution in [0, 0.1) is 11.8 Å². The molecule has 2 N–H and O–H groups in total. The van der Waals surface area contributed by atoms with Gasteiger partial charge < -0.3 is 31.5 Å². The summed E-state index contributed by atoms with van der Waals surface area (Å²) < 4.78 is 9.73. The molecule has 0 spiro atoms. The Morgan fingerprint density at radius 2 is 0.725 bits per heavy atom. The Morgan fingerprint density at radius 3 is 0.938 bits per heavy atom. The number of rotatable bonds is 7. The van der Waals surface area contributed by atoms with Crippen LogP contribution >= 0.6 is 80.5 Å². The zero-order valence-electron chi connectivity index (χ0n) is 46.4. The first-order valence-electron chi connectivity index (χ1n) is 24.9. The molecule has 0 unspecified atom stereocenters. The van der Waals surface area contributed by atoms with E-state index in [1.165, 1.54) is 101 Å². The van der Waals surface area contributed by atoms with Crippen molar-refractivity contribution in [1.82, 2.24) is 0 Å². The van der Waals surface area contributed by atoms with Crippen LogP contribution in [-0.4, -0.2) is 35.4 Å². The maximum atomic E-state index is 10.2. The Bertz CT molecular complexity index is 2990. The van der Waals surface area contributed by atoms with E-state index in [0.29, 0.717) is 31.6 Å². The zero-order valence-corrected chi connectivity index (χ0v) is 57.4. The van der Waals surface area contributed by atoms with Crippen molar-refractivity contribution in [3.8, 4) is 11.5 Å². The van der Waals surface area contributed by atoms with Gasteiger partial charge in [-0.3, -0.25) is 0 Å². The third kappa shape index (κ3) is 26.9. The van der Waals surface area contributed by atoms with Crippen LogP contribution in [0.15, 0.2) is 191 Å². The van der Waals surface area contributed by atoms with Crippen molar-refractivity contribution in [1.29, 1.82) is 0 Å². The number of aliphatic carboxylic acids is 2. The van der Waals surface area contributed by atoms with E-state index in [1.54, 1.807) is 23.3 Å². The molecule has 0 amide bonds. The second-order valence-corrected chi connectivity index (χ2v) is 27.8. The van der Waals surface area contributed by atoms with Crippen LogP contribution in [-0.2, 0) is 51.3 Å². The Labute approximate surface area is 530 Å². The number of hydrogen-bond donors (Lipinski definition) is 2. The van der Waals surface area contributed by atoms with Gasteiger partial charge in [0.05, 0.1) is 10.0 Å². The van der Waals surface area contributed by atoms with E-state index in [0.717, 1.165) is 12.8 Å². The first-order valence-corrected chi connectivity index (χ1v) is 39.0. The number of carbonyl (C=O) groups is 2.